The van der Waals surface area contributed by atoms with Gasteiger partial charge >= 0.3 is 0 Å². The summed E-state index contributed by atoms with van der Waals surface area (Å²) in [6.45, 7) is 0.733. The molecule has 2 aliphatic heterocycles. The monoisotopic (exact) mass is 301 g/mol. The fourth-order valence-electron chi connectivity index (χ4n) is 3.70. The number of carbonyl (C=O) groups excluding carboxylic acids is 2. The van der Waals surface area contributed by atoms with Gasteiger partial charge in [-0.15, -0.1) is 12.4 Å². The molecule has 1 aliphatic carbocycles. The highest BCUT2D eigenvalue weighted by Crippen LogP contribution is 2.33. The Labute approximate surface area is 126 Å². The van der Waals surface area contributed by atoms with Crippen molar-refractivity contribution in [2.75, 3.05) is 6.54 Å². The Morgan fingerprint density at radius 2 is 1.95 bits per heavy atom. The summed E-state index contributed by atoms with van der Waals surface area (Å²) < 4.78 is 0. The molecular formula is C14H24ClN3O2. The third-order valence-electron chi connectivity index (χ3n) is 4.78. The van der Waals surface area contributed by atoms with Gasteiger partial charge in [0.05, 0.1) is 6.04 Å². The molecule has 2 saturated heterocycles. The van der Waals surface area contributed by atoms with Crippen molar-refractivity contribution >= 4 is 24.2 Å². The Morgan fingerprint density at radius 3 is 2.70 bits per heavy atom. The normalized spacial score (nSPS) is 36.5. The lowest BCUT2D eigenvalue weighted by Gasteiger charge is -2.25. The molecule has 0 spiro atoms. The zero-order chi connectivity index (χ0) is 13.2. The van der Waals surface area contributed by atoms with E-state index in [0.29, 0.717) is 12.0 Å². The molecule has 3 N–H and O–H groups in total. The van der Waals surface area contributed by atoms with Crippen LogP contribution in [0.3, 0.4) is 0 Å². The number of piperidine rings is 1. The van der Waals surface area contributed by atoms with Gasteiger partial charge in [-0.1, -0.05) is 12.8 Å². The number of fused-ring (bicyclic) bond motifs is 1. The lowest BCUT2D eigenvalue weighted by atomic mass is 9.85. The second-order valence-electron chi connectivity index (χ2n) is 6.10. The lowest BCUT2D eigenvalue weighted by molar-refractivity contribution is -0.130. The van der Waals surface area contributed by atoms with Gasteiger partial charge in [0.15, 0.2) is 0 Å². The number of nitrogens with one attached hydrogen (secondary N) is 3. The van der Waals surface area contributed by atoms with E-state index in [1.807, 2.05) is 0 Å². The number of hydrogen-bond donors (Lipinski definition) is 3. The summed E-state index contributed by atoms with van der Waals surface area (Å²) in [7, 11) is 0. The third kappa shape index (κ3) is 3.26. The van der Waals surface area contributed by atoms with E-state index in [9.17, 15) is 9.59 Å². The Bertz CT molecular complexity index is 363. The van der Waals surface area contributed by atoms with Crippen molar-refractivity contribution in [3.63, 3.8) is 0 Å². The van der Waals surface area contributed by atoms with Crippen LogP contribution in [0.5, 0.6) is 0 Å². The molecule has 4 unspecified atom stereocenters. The Hall–Kier alpha value is -0.810. The van der Waals surface area contributed by atoms with E-state index in [1.54, 1.807) is 0 Å². The third-order valence-corrected chi connectivity index (χ3v) is 4.78. The van der Waals surface area contributed by atoms with Gasteiger partial charge in [0.1, 0.15) is 6.04 Å². The van der Waals surface area contributed by atoms with Crippen LogP contribution in [0.15, 0.2) is 0 Å². The van der Waals surface area contributed by atoms with Crippen LogP contribution in [-0.2, 0) is 9.59 Å². The molecule has 20 heavy (non-hydrogen) atoms. The van der Waals surface area contributed by atoms with Crippen LogP contribution in [0.25, 0.3) is 0 Å². The minimum Gasteiger partial charge on any atom is -0.354 e. The minimum atomic E-state index is -0.328. The summed E-state index contributed by atoms with van der Waals surface area (Å²) >= 11 is 0. The van der Waals surface area contributed by atoms with E-state index < -0.39 is 0 Å². The Morgan fingerprint density at radius 1 is 1.15 bits per heavy atom. The van der Waals surface area contributed by atoms with Crippen molar-refractivity contribution in [2.45, 2.75) is 63.1 Å². The second-order valence-corrected chi connectivity index (χ2v) is 6.10. The molecule has 0 radical (unpaired) electrons. The van der Waals surface area contributed by atoms with Gasteiger partial charge in [0, 0.05) is 12.6 Å². The fourth-order valence-corrected chi connectivity index (χ4v) is 3.70. The first-order valence-electron chi connectivity index (χ1n) is 7.58. The maximum atomic E-state index is 12.2. The summed E-state index contributed by atoms with van der Waals surface area (Å²) in [6.07, 6.45) is 7.64. The summed E-state index contributed by atoms with van der Waals surface area (Å²) in [5, 5.41) is 9.16. The largest absolute Gasteiger partial charge is 0.354 e. The molecule has 0 aromatic heterocycles. The maximum Gasteiger partial charge on any atom is 0.242 e. The zero-order valence-corrected chi connectivity index (χ0v) is 12.5. The Kier molecular flexibility index (Phi) is 5.27. The maximum absolute atomic E-state index is 12.2. The fraction of sp³-hybridized carbons (Fsp3) is 0.857. The lowest BCUT2D eigenvalue weighted by Crippen LogP contribution is -2.54. The molecule has 0 aromatic rings. The molecule has 3 aliphatic rings. The molecule has 0 aromatic carbocycles. The van der Waals surface area contributed by atoms with Crippen LogP contribution in [0.2, 0.25) is 0 Å². The van der Waals surface area contributed by atoms with Gasteiger partial charge in [0.25, 0.3) is 0 Å². The molecule has 3 rings (SSSR count). The van der Waals surface area contributed by atoms with Crippen molar-refractivity contribution in [3.05, 3.63) is 0 Å². The molecule has 2 heterocycles. The van der Waals surface area contributed by atoms with E-state index in [0.717, 1.165) is 25.8 Å². The van der Waals surface area contributed by atoms with E-state index in [2.05, 4.69) is 16.0 Å². The highest BCUT2D eigenvalue weighted by atomic mass is 35.5. The number of halogens is 1. The topological polar surface area (TPSA) is 70.2 Å². The highest BCUT2D eigenvalue weighted by molar-refractivity contribution is 5.90. The van der Waals surface area contributed by atoms with Crippen LogP contribution in [0.1, 0.15) is 44.9 Å². The highest BCUT2D eigenvalue weighted by Gasteiger charge is 2.39. The first-order valence-corrected chi connectivity index (χ1v) is 7.58. The molecule has 4 atom stereocenters. The van der Waals surface area contributed by atoms with Crippen LogP contribution in [0.4, 0.5) is 0 Å². The van der Waals surface area contributed by atoms with Crippen LogP contribution < -0.4 is 16.0 Å². The Balaban J connectivity index is 0.00000147. The average molecular weight is 302 g/mol. The number of hydrogen-bond acceptors (Lipinski definition) is 3. The SMILES string of the molecule is Cl.O=C1NCCCC1NC(=O)C1CC2CCCCC2N1. The first kappa shape index (κ1) is 15.6. The molecular weight excluding hydrogens is 278 g/mol. The molecule has 114 valence electrons. The minimum absolute atomic E-state index is 0. The molecule has 5 nitrogen and oxygen atoms in total. The van der Waals surface area contributed by atoms with Crippen molar-refractivity contribution in [2.24, 2.45) is 5.92 Å². The summed E-state index contributed by atoms with van der Waals surface area (Å²) in [5.41, 5.74) is 0. The number of rotatable bonds is 2. The van der Waals surface area contributed by atoms with Crippen LogP contribution >= 0.6 is 12.4 Å². The molecule has 0 bridgehead atoms. The number of carbonyl (C=O) groups is 2. The van der Waals surface area contributed by atoms with Crippen molar-refractivity contribution in [1.29, 1.82) is 0 Å². The first-order chi connectivity index (χ1) is 9.24. The molecule has 2 amide bonds. The molecule has 6 heteroatoms. The summed E-state index contributed by atoms with van der Waals surface area (Å²) in [6, 6.07) is 0.0955. The summed E-state index contributed by atoms with van der Waals surface area (Å²) in [5.74, 6) is 0.635. The molecule has 3 fully saturated rings. The van der Waals surface area contributed by atoms with Crippen molar-refractivity contribution in [3.8, 4) is 0 Å². The van der Waals surface area contributed by atoms with E-state index in [1.165, 1.54) is 25.7 Å². The van der Waals surface area contributed by atoms with E-state index >= 15 is 0 Å². The standard InChI is InChI=1S/C14H23N3O2.ClH/c18-13-11(6-3-7-15-13)17-14(19)12-8-9-4-1-2-5-10(9)16-12;/h9-12,16H,1-8H2,(H,15,18)(H,17,19);1H. The van der Waals surface area contributed by atoms with E-state index in [4.69, 9.17) is 0 Å². The predicted octanol–water partition coefficient (Wildman–Crippen LogP) is 0.724. The smallest absolute Gasteiger partial charge is 0.242 e. The van der Waals surface area contributed by atoms with Crippen molar-refractivity contribution in [1.82, 2.24) is 16.0 Å². The second kappa shape index (κ2) is 6.76. The predicted molar refractivity (Wildman–Crippen MR) is 78.7 cm³/mol. The number of amides is 2. The van der Waals surface area contributed by atoms with Gasteiger partial charge in [0.2, 0.25) is 11.8 Å². The average Bonchev–Trinajstić information content (AvgIpc) is 2.85. The van der Waals surface area contributed by atoms with Crippen LogP contribution in [0, 0.1) is 5.92 Å². The molecule has 1 saturated carbocycles. The van der Waals surface area contributed by atoms with Gasteiger partial charge in [-0.3, -0.25) is 9.59 Å². The zero-order valence-electron chi connectivity index (χ0n) is 11.7. The van der Waals surface area contributed by atoms with Gasteiger partial charge in [-0.25, -0.2) is 0 Å². The quantitative estimate of drug-likeness (QED) is 0.704. The van der Waals surface area contributed by atoms with Gasteiger partial charge in [-0.2, -0.15) is 0 Å². The van der Waals surface area contributed by atoms with Gasteiger partial charge in [-0.05, 0) is 38.0 Å². The van der Waals surface area contributed by atoms with Gasteiger partial charge < -0.3 is 16.0 Å². The van der Waals surface area contributed by atoms with E-state index in [-0.39, 0.29) is 36.3 Å². The summed E-state index contributed by atoms with van der Waals surface area (Å²) in [4.78, 5) is 23.9. The van der Waals surface area contributed by atoms with Crippen LogP contribution in [-0.4, -0.2) is 36.5 Å². The van der Waals surface area contributed by atoms with Crippen molar-refractivity contribution < 1.29 is 9.59 Å².